The zero-order chi connectivity index (χ0) is 10.6. The largest absolute Gasteiger partial charge is 0.380 e. The molecule has 4 heteroatoms. The number of likely N-dealkylation sites (N-methyl/N-ethyl adjacent to an activating group) is 1. The highest BCUT2D eigenvalue weighted by atomic mass is 35.5. The summed E-state index contributed by atoms with van der Waals surface area (Å²) in [6.07, 6.45) is 0. The standard InChI is InChI=1S/C10H16ClNOS/c1-4-13-5-8(12-3)10-9(11)7(2)6-14-10/h6,8,12H,4-5H2,1-3H3. The third kappa shape index (κ3) is 2.70. The van der Waals surface area contributed by atoms with E-state index < -0.39 is 0 Å². The van der Waals surface area contributed by atoms with Gasteiger partial charge in [0, 0.05) is 11.5 Å². The van der Waals surface area contributed by atoms with Crippen LogP contribution in [0.5, 0.6) is 0 Å². The van der Waals surface area contributed by atoms with Crippen LogP contribution in [-0.4, -0.2) is 20.3 Å². The van der Waals surface area contributed by atoms with Gasteiger partial charge in [-0.25, -0.2) is 0 Å². The van der Waals surface area contributed by atoms with Crippen LogP contribution in [0.3, 0.4) is 0 Å². The molecule has 80 valence electrons. The van der Waals surface area contributed by atoms with E-state index in [1.165, 1.54) is 4.88 Å². The van der Waals surface area contributed by atoms with Crippen LogP contribution in [0.25, 0.3) is 0 Å². The van der Waals surface area contributed by atoms with E-state index in [0.29, 0.717) is 6.61 Å². The monoisotopic (exact) mass is 233 g/mol. The molecule has 1 N–H and O–H groups in total. The molecule has 1 aromatic rings. The molecule has 0 radical (unpaired) electrons. The van der Waals surface area contributed by atoms with E-state index in [1.807, 2.05) is 20.9 Å². The molecule has 1 rings (SSSR count). The second kappa shape index (κ2) is 5.71. The predicted octanol–water partition coefficient (Wildman–Crippen LogP) is 3.01. The Morgan fingerprint density at radius 3 is 2.79 bits per heavy atom. The first-order valence-corrected chi connectivity index (χ1v) is 5.95. The van der Waals surface area contributed by atoms with Crippen LogP contribution in [0.15, 0.2) is 5.38 Å². The van der Waals surface area contributed by atoms with Gasteiger partial charge in [-0.05, 0) is 31.8 Å². The van der Waals surface area contributed by atoms with Crippen molar-refractivity contribution in [1.29, 1.82) is 0 Å². The zero-order valence-corrected chi connectivity index (χ0v) is 10.3. The van der Waals surface area contributed by atoms with Crippen LogP contribution in [0.4, 0.5) is 0 Å². The Labute approximate surface area is 94.2 Å². The van der Waals surface area contributed by atoms with Crippen LogP contribution in [-0.2, 0) is 4.74 Å². The number of ether oxygens (including phenoxy) is 1. The van der Waals surface area contributed by atoms with Gasteiger partial charge in [-0.1, -0.05) is 11.6 Å². The van der Waals surface area contributed by atoms with Gasteiger partial charge in [-0.15, -0.1) is 11.3 Å². The summed E-state index contributed by atoms with van der Waals surface area (Å²) in [5.74, 6) is 0. The van der Waals surface area contributed by atoms with Gasteiger partial charge in [-0.2, -0.15) is 0 Å². The van der Waals surface area contributed by atoms with Gasteiger partial charge in [0.15, 0.2) is 0 Å². The maximum Gasteiger partial charge on any atom is 0.0669 e. The number of hydrogen-bond donors (Lipinski definition) is 1. The van der Waals surface area contributed by atoms with Gasteiger partial charge in [0.05, 0.1) is 17.7 Å². The van der Waals surface area contributed by atoms with Gasteiger partial charge in [0.2, 0.25) is 0 Å². The van der Waals surface area contributed by atoms with Crippen LogP contribution in [0.1, 0.15) is 23.4 Å². The molecular weight excluding hydrogens is 218 g/mol. The van der Waals surface area contributed by atoms with Crippen molar-refractivity contribution >= 4 is 22.9 Å². The molecule has 14 heavy (non-hydrogen) atoms. The van der Waals surface area contributed by atoms with Crippen molar-refractivity contribution < 1.29 is 4.74 Å². The predicted molar refractivity (Wildman–Crippen MR) is 62.4 cm³/mol. The fraction of sp³-hybridized carbons (Fsp3) is 0.600. The molecule has 0 aliphatic rings. The summed E-state index contributed by atoms with van der Waals surface area (Å²) in [5, 5.41) is 6.16. The maximum absolute atomic E-state index is 6.18. The lowest BCUT2D eigenvalue weighted by molar-refractivity contribution is 0.126. The number of nitrogens with one attached hydrogen (secondary N) is 1. The van der Waals surface area contributed by atoms with E-state index in [0.717, 1.165) is 17.2 Å². The molecule has 0 saturated heterocycles. The highest BCUT2D eigenvalue weighted by Crippen LogP contribution is 2.32. The van der Waals surface area contributed by atoms with E-state index in [1.54, 1.807) is 11.3 Å². The van der Waals surface area contributed by atoms with Crippen molar-refractivity contribution in [2.45, 2.75) is 19.9 Å². The van der Waals surface area contributed by atoms with Crippen LogP contribution in [0.2, 0.25) is 5.02 Å². The summed E-state index contributed by atoms with van der Waals surface area (Å²) < 4.78 is 5.39. The Hall–Kier alpha value is -0.0900. The normalized spacial score (nSPS) is 13.1. The maximum atomic E-state index is 6.18. The third-order valence-electron chi connectivity index (χ3n) is 2.08. The Balaban J connectivity index is 2.73. The fourth-order valence-electron chi connectivity index (χ4n) is 1.21. The van der Waals surface area contributed by atoms with Crippen molar-refractivity contribution in [1.82, 2.24) is 5.32 Å². The Morgan fingerprint density at radius 2 is 2.36 bits per heavy atom. The van der Waals surface area contributed by atoms with Crippen molar-refractivity contribution in [3.05, 3.63) is 20.8 Å². The first kappa shape index (κ1) is 12.0. The number of hydrogen-bond acceptors (Lipinski definition) is 3. The van der Waals surface area contributed by atoms with E-state index >= 15 is 0 Å². The molecule has 2 nitrogen and oxygen atoms in total. The van der Waals surface area contributed by atoms with Gasteiger partial charge in [-0.3, -0.25) is 0 Å². The smallest absolute Gasteiger partial charge is 0.0669 e. The van der Waals surface area contributed by atoms with Gasteiger partial charge in [0.25, 0.3) is 0 Å². The summed E-state index contributed by atoms with van der Waals surface area (Å²) in [7, 11) is 1.93. The minimum absolute atomic E-state index is 0.209. The lowest BCUT2D eigenvalue weighted by atomic mass is 10.2. The molecule has 0 aliphatic carbocycles. The van der Waals surface area contributed by atoms with Crippen molar-refractivity contribution in [3.8, 4) is 0 Å². The minimum atomic E-state index is 0.209. The topological polar surface area (TPSA) is 21.3 Å². The third-order valence-corrected chi connectivity index (χ3v) is 3.91. The number of thiophene rings is 1. The molecular formula is C10H16ClNOS. The molecule has 1 atom stereocenters. The molecule has 1 unspecified atom stereocenters. The SMILES string of the molecule is CCOCC(NC)c1scc(C)c1Cl. The van der Waals surface area contributed by atoms with Crippen LogP contribution >= 0.6 is 22.9 Å². The van der Waals surface area contributed by atoms with E-state index in [9.17, 15) is 0 Å². The molecule has 0 amide bonds. The molecule has 0 bridgehead atoms. The molecule has 1 aromatic heterocycles. The van der Waals surface area contributed by atoms with Crippen LogP contribution in [0, 0.1) is 6.92 Å². The molecule has 0 saturated carbocycles. The zero-order valence-electron chi connectivity index (χ0n) is 8.76. The highest BCUT2D eigenvalue weighted by molar-refractivity contribution is 7.10. The van der Waals surface area contributed by atoms with E-state index in [-0.39, 0.29) is 6.04 Å². The quantitative estimate of drug-likeness (QED) is 0.844. The van der Waals surface area contributed by atoms with E-state index in [2.05, 4.69) is 10.7 Å². The lowest BCUT2D eigenvalue weighted by Gasteiger charge is -2.14. The second-order valence-electron chi connectivity index (χ2n) is 3.10. The molecule has 1 heterocycles. The summed E-state index contributed by atoms with van der Waals surface area (Å²) in [5.41, 5.74) is 1.14. The Kier molecular flexibility index (Phi) is 4.89. The first-order chi connectivity index (χ1) is 6.70. The summed E-state index contributed by atoms with van der Waals surface area (Å²) in [6, 6.07) is 0.209. The molecule has 0 spiro atoms. The van der Waals surface area contributed by atoms with Crippen LogP contribution < -0.4 is 5.32 Å². The average molecular weight is 234 g/mol. The second-order valence-corrected chi connectivity index (χ2v) is 4.39. The number of aryl methyl sites for hydroxylation is 1. The molecule has 0 aromatic carbocycles. The summed E-state index contributed by atoms with van der Waals surface area (Å²) in [4.78, 5) is 1.17. The summed E-state index contributed by atoms with van der Waals surface area (Å²) in [6.45, 7) is 5.43. The van der Waals surface area contributed by atoms with Crippen molar-refractivity contribution in [2.24, 2.45) is 0 Å². The molecule has 0 fully saturated rings. The Morgan fingerprint density at radius 1 is 1.64 bits per heavy atom. The van der Waals surface area contributed by atoms with Crippen molar-refractivity contribution in [2.75, 3.05) is 20.3 Å². The fourth-order valence-corrected chi connectivity index (χ4v) is 2.63. The highest BCUT2D eigenvalue weighted by Gasteiger charge is 2.16. The van der Waals surface area contributed by atoms with Crippen molar-refractivity contribution in [3.63, 3.8) is 0 Å². The molecule has 0 aliphatic heterocycles. The summed E-state index contributed by atoms with van der Waals surface area (Å²) >= 11 is 7.86. The first-order valence-electron chi connectivity index (χ1n) is 4.69. The van der Waals surface area contributed by atoms with E-state index in [4.69, 9.17) is 16.3 Å². The Bertz CT molecular complexity index is 288. The lowest BCUT2D eigenvalue weighted by Crippen LogP contribution is -2.21. The van der Waals surface area contributed by atoms with Gasteiger partial charge >= 0.3 is 0 Å². The minimum Gasteiger partial charge on any atom is -0.380 e. The number of halogens is 1. The van der Waals surface area contributed by atoms with Gasteiger partial charge in [0.1, 0.15) is 0 Å². The van der Waals surface area contributed by atoms with Gasteiger partial charge < -0.3 is 10.1 Å². The average Bonchev–Trinajstić information content (AvgIpc) is 2.51. The number of rotatable bonds is 5.